The Morgan fingerprint density at radius 1 is 1.08 bits per heavy atom. The van der Waals surface area contributed by atoms with Crippen LogP contribution in [0, 0.1) is 5.92 Å². The summed E-state index contributed by atoms with van der Waals surface area (Å²) < 4.78 is 0. The topological polar surface area (TPSA) is 79.3 Å². The van der Waals surface area contributed by atoms with E-state index < -0.39 is 5.97 Å². The highest BCUT2D eigenvalue weighted by atomic mass is 35.5. The summed E-state index contributed by atoms with van der Waals surface area (Å²) in [4.78, 5) is 27.7. The number of carbonyl (C=O) groups excluding carboxylic acids is 1. The number of pyridine rings is 1. The van der Waals surface area contributed by atoms with Crippen LogP contribution in [-0.2, 0) is 4.79 Å². The van der Waals surface area contributed by atoms with Gasteiger partial charge in [0.1, 0.15) is 5.82 Å². The number of hydrogen-bond donors (Lipinski definition) is 2. The quantitative estimate of drug-likeness (QED) is 0.751. The monoisotopic (exact) mass is 370 g/mol. The second-order valence-corrected chi connectivity index (χ2v) is 6.76. The molecular formula is C20H19ClN2O3. The Morgan fingerprint density at radius 3 is 2.31 bits per heavy atom. The van der Waals surface area contributed by atoms with Crippen LogP contribution in [0.1, 0.15) is 41.6 Å². The van der Waals surface area contributed by atoms with Crippen molar-refractivity contribution < 1.29 is 14.7 Å². The van der Waals surface area contributed by atoms with Gasteiger partial charge in [-0.1, -0.05) is 42.7 Å². The first kappa shape index (κ1) is 18.1. The molecule has 1 saturated carbocycles. The third-order valence-electron chi connectivity index (χ3n) is 4.45. The van der Waals surface area contributed by atoms with Gasteiger partial charge in [0.05, 0.1) is 5.56 Å². The maximum absolute atomic E-state index is 12.8. The number of aromatic carboxylic acids is 1. The number of benzene rings is 1. The summed E-state index contributed by atoms with van der Waals surface area (Å²) >= 11 is 5.96. The second kappa shape index (κ2) is 8.15. The number of anilines is 1. The molecule has 3 rings (SSSR count). The van der Waals surface area contributed by atoms with Crippen molar-refractivity contribution >= 4 is 34.9 Å². The minimum absolute atomic E-state index is 0.0717. The van der Waals surface area contributed by atoms with Crippen LogP contribution >= 0.6 is 11.6 Å². The molecule has 134 valence electrons. The summed E-state index contributed by atoms with van der Waals surface area (Å²) in [6.45, 7) is 0. The Bertz CT molecular complexity index is 823. The first-order chi connectivity index (χ1) is 12.5. The zero-order valence-corrected chi connectivity index (χ0v) is 14.9. The molecule has 0 saturated heterocycles. The van der Waals surface area contributed by atoms with Crippen molar-refractivity contribution in [1.82, 2.24) is 4.98 Å². The zero-order valence-electron chi connectivity index (χ0n) is 14.1. The predicted molar refractivity (Wildman–Crippen MR) is 101 cm³/mol. The molecule has 1 fully saturated rings. The van der Waals surface area contributed by atoms with Crippen LogP contribution in [0.15, 0.2) is 48.7 Å². The van der Waals surface area contributed by atoms with Crippen LogP contribution in [0.3, 0.4) is 0 Å². The highest BCUT2D eigenvalue weighted by Gasteiger charge is 2.19. The van der Waals surface area contributed by atoms with Crippen molar-refractivity contribution in [2.75, 3.05) is 5.32 Å². The Hall–Kier alpha value is -2.66. The Balaban J connectivity index is 1.84. The van der Waals surface area contributed by atoms with Crippen LogP contribution in [0.5, 0.6) is 0 Å². The van der Waals surface area contributed by atoms with E-state index in [0.29, 0.717) is 22.3 Å². The number of hydrogen-bond acceptors (Lipinski definition) is 3. The van der Waals surface area contributed by atoms with E-state index >= 15 is 0 Å². The molecule has 26 heavy (non-hydrogen) atoms. The van der Waals surface area contributed by atoms with Crippen molar-refractivity contribution in [3.63, 3.8) is 0 Å². The molecule has 0 unspecified atom stereocenters. The number of rotatable bonds is 5. The molecule has 1 amide bonds. The lowest BCUT2D eigenvalue weighted by atomic mass is 9.98. The number of halogens is 1. The maximum atomic E-state index is 12.8. The van der Waals surface area contributed by atoms with Gasteiger partial charge in [0, 0.05) is 16.8 Å². The highest BCUT2D eigenvalue weighted by Crippen LogP contribution is 2.30. The number of nitrogens with zero attached hydrogens (tertiary/aromatic N) is 1. The molecule has 0 atom stereocenters. The van der Waals surface area contributed by atoms with Crippen molar-refractivity contribution in [2.24, 2.45) is 5.92 Å². The number of nitrogens with one attached hydrogen (secondary N) is 1. The molecular weight excluding hydrogens is 352 g/mol. The maximum Gasteiger partial charge on any atom is 0.337 e. The first-order valence-electron chi connectivity index (χ1n) is 8.51. The van der Waals surface area contributed by atoms with E-state index in [1.807, 2.05) is 18.2 Å². The summed E-state index contributed by atoms with van der Waals surface area (Å²) in [6, 6.07) is 10.1. The summed E-state index contributed by atoms with van der Waals surface area (Å²) in [7, 11) is 0. The van der Waals surface area contributed by atoms with Gasteiger partial charge in [-0.15, -0.1) is 0 Å². The number of carboxylic acid groups (broad SMARTS) is 1. The van der Waals surface area contributed by atoms with E-state index in [1.54, 1.807) is 12.1 Å². The van der Waals surface area contributed by atoms with Crippen molar-refractivity contribution in [2.45, 2.75) is 25.7 Å². The molecule has 1 aliphatic carbocycles. The molecule has 0 bridgehead atoms. The van der Waals surface area contributed by atoms with Crippen LogP contribution in [0.4, 0.5) is 5.82 Å². The van der Waals surface area contributed by atoms with Gasteiger partial charge >= 0.3 is 5.97 Å². The third kappa shape index (κ3) is 4.49. The highest BCUT2D eigenvalue weighted by molar-refractivity contribution is 6.31. The summed E-state index contributed by atoms with van der Waals surface area (Å²) in [5.74, 6) is -0.631. The van der Waals surface area contributed by atoms with E-state index in [-0.39, 0.29) is 11.5 Å². The summed E-state index contributed by atoms with van der Waals surface area (Å²) in [6.07, 6.45) is 7.76. The van der Waals surface area contributed by atoms with Gasteiger partial charge in [-0.3, -0.25) is 4.79 Å². The zero-order chi connectivity index (χ0) is 18.5. The lowest BCUT2D eigenvalue weighted by molar-refractivity contribution is -0.111. The van der Waals surface area contributed by atoms with E-state index in [2.05, 4.69) is 10.3 Å². The van der Waals surface area contributed by atoms with Gasteiger partial charge in [0.15, 0.2) is 0 Å². The van der Waals surface area contributed by atoms with Crippen LogP contribution < -0.4 is 5.32 Å². The largest absolute Gasteiger partial charge is 0.478 e. The number of carbonyl (C=O) groups is 2. The fourth-order valence-electron chi connectivity index (χ4n) is 3.07. The molecule has 1 aromatic heterocycles. The average molecular weight is 371 g/mol. The van der Waals surface area contributed by atoms with Gasteiger partial charge in [0.25, 0.3) is 5.91 Å². The molecule has 1 aliphatic rings. The SMILES string of the molecule is O=C(Nc1ccc(C(=O)O)cn1)/C(=C\C1CCCC1)c1ccc(Cl)cc1. The third-order valence-corrected chi connectivity index (χ3v) is 4.71. The van der Waals surface area contributed by atoms with Crippen LogP contribution in [-0.4, -0.2) is 22.0 Å². The molecule has 1 heterocycles. The van der Waals surface area contributed by atoms with E-state index in [1.165, 1.54) is 31.2 Å². The minimum Gasteiger partial charge on any atom is -0.478 e. The molecule has 6 heteroatoms. The lowest BCUT2D eigenvalue weighted by Gasteiger charge is -2.12. The Labute approximate surface area is 156 Å². The van der Waals surface area contributed by atoms with Crippen LogP contribution in [0.25, 0.3) is 5.57 Å². The van der Waals surface area contributed by atoms with Crippen molar-refractivity contribution in [3.8, 4) is 0 Å². The molecule has 2 aromatic rings. The van der Waals surface area contributed by atoms with Crippen LogP contribution in [0.2, 0.25) is 5.02 Å². The van der Waals surface area contributed by atoms with Gasteiger partial charge in [-0.2, -0.15) is 0 Å². The molecule has 0 radical (unpaired) electrons. The average Bonchev–Trinajstić information content (AvgIpc) is 3.14. The molecule has 0 spiro atoms. The van der Waals surface area contributed by atoms with Gasteiger partial charge in [-0.05, 0) is 48.6 Å². The predicted octanol–water partition coefficient (Wildman–Crippen LogP) is 4.65. The van der Waals surface area contributed by atoms with E-state index in [0.717, 1.165) is 18.4 Å². The second-order valence-electron chi connectivity index (χ2n) is 6.32. The lowest BCUT2D eigenvalue weighted by Crippen LogP contribution is -2.15. The fraction of sp³-hybridized carbons (Fsp3) is 0.250. The molecule has 5 nitrogen and oxygen atoms in total. The Kier molecular flexibility index (Phi) is 5.68. The molecule has 2 N–H and O–H groups in total. The number of aromatic nitrogens is 1. The summed E-state index contributed by atoms with van der Waals surface area (Å²) in [5, 5.41) is 12.3. The molecule has 0 aliphatic heterocycles. The molecule has 1 aromatic carbocycles. The van der Waals surface area contributed by atoms with Gasteiger partial charge < -0.3 is 10.4 Å². The van der Waals surface area contributed by atoms with Crippen molar-refractivity contribution in [1.29, 1.82) is 0 Å². The number of carboxylic acids is 1. The number of amides is 1. The minimum atomic E-state index is -1.06. The van der Waals surface area contributed by atoms with E-state index in [9.17, 15) is 9.59 Å². The van der Waals surface area contributed by atoms with Gasteiger partial charge in [0.2, 0.25) is 0 Å². The standard InChI is InChI=1S/C20H19ClN2O3/c21-16-8-5-14(6-9-16)17(11-13-3-1-2-4-13)19(24)23-18-10-7-15(12-22-18)20(25)26/h5-13H,1-4H2,(H,25,26)(H,22,23,24)/b17-11-. The van der Waals surface area contributed by atoms with Crippen molar-refractivity contribution in [3.05, 3.63) is 64.8 Å². The van der Waals surface area contributed by atoms with E-state index in [4.69, 9.17) is 16.7 Å². The first-order valence-corrected chi connectivity index (χ1v) is 8.89. The van der Waals surface area contributed by atoms with Gasteiger partial charge in [-0.25, -0.2) is 9.78 Å². The normalized spacial score (nSPS) is 15.0. The smallest absolute Gasteiger partial charge is 0.337 e. The fourth-order valence-corrected chi connectivity index (χ4v) is 3.20. The summed E-state index contributed by atoms with van der Waals surface area (Å²) in [5.41, 5.74) is 1.45. The Morgan fingerprint density at radius 2 is 1.73 bits per heavy atom. The number of allylic oxidation sites excluding steroid dienone is 1.